The third-order valence-corrected chi connectivity index (χ3v) is 3.77. The first kappa shape index (κ1) is 13.9. The lowest BCUT2D eigenvalue weighted by molar-refractivity contribution is 0.223. The van der Waals surface area contributed by atoms with E-state index in [0.717, 1.165) is 22.8 Å². The van der Waals surface area contributed by atoms with Crippen LogP contribution in [0.3, 0.4) is 0 Å². The van der Waals surface area contributed by atoms with Gasteiger partial charge in [-0.05, 0) is 37.0 Å². The molecule has 0 atom stereocenters. The van der Waals surface area contributed by atoms with E-state index in [-0.39, 0.29) is 0 Å². The van der Waals surface area contributed by atoms with E-state index in [4.69, 9.17) is 4.74 Å². The Morgan fingerprint density at radius 2 is 2.11 bits per heavy atom. The van der Waals surface area contributed by atoms with Gasteiger partial charge in [-0.3, -0.25) is 4.90 Å². The molecule has 0 N–H and O–H groups in total. The molecule has 2 rings (SSSR count). The van der Waals surface area contributed by atoms with Gasteiger partial charge in [0.15, 0.2) is 0 Å². The molecule has 2 nitrogen and oxygen atoms in total. The fourth-order valence-corrected chi connectivity index (χ4v) is 2.75. The largest absolute Gasteiger partial charge is 0.496 e. The lowest BCUT2D eigenvalue weighted by Crippen LogP contribution is -2.29. The van der Waals surface area contributed by atoms with Gasteiger partial charge in [-0.1, -0.05) is 29.8 Å². The fourth-order valence-electron chi connectivity index (χ4n) is 2.34. The van der Waals surface area contributed by atoms with Crippen molar-refractivity contribution >= 4 is 15.9 Å². The van der Waals surface area contributed by atoms with Gasteiger partial charge in [0.25, 0.3) is 0 Å². The minimum Gasteiger partial charge on any atom is -0.496 e. The molecular weight excluding hydrogens is 290 g/mol. The monoisotopic (exact) mass is 311 g/mol. The van der Waals surface area contributed by atoms with E-state index in [0.29, 0.717) is 5.92 Å². The minimum absolute atomic E-state index is 0.712. The van der Waals surface area contributed by atoms with Crippen LogP contribution >= 0.6 is 15.9 Å². The second kappa shape index (κ2) is 6.07. The summed E-state index contributed by atoms with van der Waals surface area (Å²) in [5.74, 6) is 1.70. The highest BCUT2D eigenvalue weighted by Crippen LogP contribution is 2.31. The highest BCUT2D eigenvalue weighted by atomic mass is 79.9. The van der Waals surface area contributed by atoms with Gasteiger partial charge in [0.1, 0.15) is 5.75 Å². The van der Waals surface area contributed by atoms with Gasteiger partial charge in [-0.2, -0.15) is 0 Å². The third kappa shape index (κ3) is 3.72. The van der Waals surface area contributed by atoms with Crippen LogP contribution in [-0.4, -0.2) is 24.6 Å². The Kier molecular flexibility index (Phi) is 4.68. The standard InChI is InChI=1S/C15H22BrNO/c1-11(2)9-17(14-5-6-14)10-12-8-13(16)4-7-15(12)18-3/h4,7-8,11,14H,5-6,9-10H2,1-3H3. The summed E-state index contributed by atoms with van der Waals surface area (Å²) >= 11 is 3.54. The quantitative estimate of drug-likeness (QED) is 0.785. The molecule has 0 aliphatic heterocycles. The maximum atomic E-state index is 5.46. The van der Waals surface area contributed by atoms with Crippen molar-refractivity contribution in [3.63, 3.8) is 0 Å². The zero-order valence-electron chi connectivity index (χ0n) is 11.4. The molecule has 1 aromatic rings. The van der Waals surface area contributed by atoms with Gasteiger partial charge in [0.05, 0.1) is 7.11 Å². The summed E-state index contributed by atoms with van der Waals surface area (Å²) in [6, 6.07) is 7.04. The number of ether oxygens (including phenoxy) is 1. The summed E-state index contributed by atoms with van der Waals surface area (Å²) in [6.45, 7) is 6.73. The maximum Gasteiger partial charge on any atom is 0.123 e. The van der Waals surface area contributed by atoms with Crippen molar-refractivity contribution in [1.82, 2.24) is 4.90 Å². The number of rotatable bonds is 6. The first-order valence-electron chi connectivity index (χ1n) is 6.66. The summed E-state index contributed by atoms with van der Waals surface area (Å²) in [5, 5.41) is 0. The van der Waals surface area contributed by atoms with E-state index in [9.17, 15) is 0 Å². The molecule has 0 radical (unpaired) electrons. The van der Waals surface area contributed by atoms with E-state index >= 15 is 0 Å². The normalized spacial score (nSPS) is 15.4. The number of halogens is 1. The van der Waals surface area contributed by atoms with Crippen molar-refractivity contribution in [1.29, 1.82) is 0 Å². The van der Waals surface area contributed by atoms with Crippen molar-refractivity contribution in [3.8, 4) is 5.75 Å². The zero-order chi connectivity index (χ0) is 13.1. The average Bonchev–Trinajstić information content (AvgIpc) is 3.11. The molecule has 3 heteroatoms. The topological polar surface area (TPSA) is 12.5 Å². The highest BCUT2D eigenvalue weighted by Gasteiger charge is 2.29. The molecule has 0 amide bonds. The van der Waals surface area contributed by atoms with Crippen molar-refractivity contribution < 1.29 is 4.74 Å². The Hall–Kier alpha value is -0.540. The number of methoxy groups -OCH3 is 1. The molecule has 1 saturated carbocycles. The van der Waals surface area contributed by atoms with Crippen LogP contribution in [0, 0.1) is 5.92 Å². The van der Waals surface area contributed by atoms with Gasteiger partial charge in [0.2, 0.25) is 0 Å². The Balaban J connectivity index is 2.12. The highest BCUT2D eigenvalue weighted by molar-refractivity contribution is 9.10. The molecule has 0 bridgehead atoms. The number of hydrogen-bond donors (Lipinski definition) is 0. The number of benzene rings is 1. The SMILES string of the molecule is COc1ccc(Br)cc1CN(CC(C)C)C1CC1. The molecule has 1 fully saturated rings. The van der Waals surface area contributed by atoms with Gasteiger partial charge in [-0.15, -0.1) is 0 Å². The molecule has 1 aromatic carbocycles. The van der Waals surface area contributed by atoms with Gasteiger partial charge < -0.3 is 4.74 Å². The summed E-state index contributed by atoms with van der Waals surface area (Å²) in [6.07, 6.45) is 2.70. The predicted molar refractivity (Wildman–Crippen MR) is 79.0 cm³/mol. The molecule has 1 aliphatic rings. The molecule has 0 heterocycles. The summed E-state index contributed by atoms with van der Waals surface area (Å²) in [5.41, 5.74) is 1.28. The average molecular weight is 312 g/mol. The van der Waals surface area contributed by atoms with Crippen LogP contribution in [0.25, 0.3) is 0 Å². The van der Waals surface area contributed by atoms with Crippen LogP contribution in [-0.2, 0) is 6.54 Å². The molecule has 1 aliphatic carbocycles. The van der Waals surface area contributed by atoms with Crippen LogP contribution in [0.2, 0.25) is 0 Å². The van der Waals surface area contributed by atoms with Crippen LogP contribution in [0.5, 0.6) is 5.75 Å². The Morgan fingerprint density at radius 1 is 1.39 bits per heavy atom. The summed E-state index contributed by atoms with van der Waals surface area (Å²) in [7, 11) is 1.75. The van der Waals surface area contributed by atoms with E-state index in [1.807, 2.05) is 12.1 Å². The summed E-state index contributed by atoms with van der Waals surface area (Å²) < 4.78 is 6.58. The van der Waals surface area contributed by atoms with Crippen LogP contribution < -0.4 is 4.74 Å². The van der Waals surface area contributed by atoms with Crippen molar-refractivity contribution in [2.24, 2.45) is 5.92 Å². The van der Waals surface area contributed by atoms with Crippen molar-refractivity contribution in [2.75, 3.05) is 13.7 Å². The first-order valence-corrected chi connectivity index (χ1v) is 7.46. The van der Waals surface area contributed by atoms with E-state index in [2.05, 4.69) is 40.7 Å². The number of nitrogens with zero attached hydrogens (tertiary/aromatic N) is 1. The predicted octanol–water partition coefficient (Wildman–Crippen LogP) is 4.08. The number of hydrogen-bond acceptors (Lipinski definition) is 2. The second-order valence-corrected chi connectivity index (χ2v) is 6.43. The van der Waals surface area contributed by atoms with E-state index < -0.39 is 0 Å². The fraction of sp³-hybridized carbons (Fsp3) is 0.600. The molecule has 0 saturated heterocycles. The zero-order valence-corrected chi connectivity index (χ0v) is 13.0. The van der Waals surface area contributed by atoms with Crippen LogP contribution in [0.4, 0.5) is 0 Å². The van der Waals surface area contributed by atoms with E-state index in [1.54, 1.807) is 7.11 Å². The molecule has 18 heavy (non-hydrogen) atoms. The van der Waals surface area contributed by atoms with Crippen molar-refractivity contribution in [3.05, 3.63) is 28.2 Å². The lowest BCUT2D eigenvalue weighted by atomic mass is 10.1. The molecule has 100 valence electrons. The Labute approximate surface area is 118 Å². The van der Waals surface area contributed by atoms with Gasteiger partial charge >= 0.3 is 0 Å². The lowest BCUT2D eigenvalue weighted by Gasteiger charge is -2.25. The third-order valence-electron chi connectivity index (χ3n) is 3.28. The van der Waals surface area contributed by atoms with Crippen LogP contribution in [0.1, 0.15) is 32.3 Å². The van der Waals surface area contributed by atoms with Gasteiger partial charge in [-0.25, -0.2) is 0 Å². The van der Waals surface area contributed by atoms with Crippen LogP contribution in [0.15, 0.2) is 22.7 Å². The molecule has 0 aromatic heterocycles. The van der Waals surface area contributed by atoms with E-state index in [1.165, 1.54) is 24.9 Å². The molecule has 0 unspecified atom stereocenters. The smallest absolute Gasteiger partial charge is 0.123 e. The summed E-state index contributed by atoms with van der Waals surface area (Å²) in [4.78, 5) is 2.59. The Morgan fingerprint density at radius 3 is 2.67 bits per heavy atom. The minimum atomic E-state index is 0.712. The maximum absolute atomic E-state index is 5.46. The molecule has 0 spiro atoms. The Bertz CT molecular complexity index is 401. The van der Waals surface area contributed by atoms with Crippen molar-refractivity contribution in [2.45, 2.75) is 39.3 Å². The second-order valence-electron chi connectivity index (χ2n) is 5.51. The van der Waals surface area contributed by atoms with Gasteiger partial charge in [0, 0.05) is 29.2 Å². The molecular formula is C15H22BrNO. The first-order chi connectivity index (χ1) is 8.60.